The summed E-state index contributed by atoms with van der Waals surface area (Å²) in [4.78, 5) is 28.4. The molecule has 18 heavy (non-hydrogen) atoms. The fourth-order valence-corrected chi connectivity index (χ4v) is 2.68. The Bertz CT molecular complexity index is 473. The Labute approximate surface area is 108 Å². The molecule has 1 aromatic rings. The van der Waals surface area contributed by atoms with Crippen molar-refractivity contribution < 1.29 is 19.8 Å². The number of carboxylic acid groups (broad SMARTS) is 1. The smallest absolute Gasteiger partial charge is 0.326 e. The maximum Gasteiger partial charge on any atom is 0.326 e. The van der Waals surface area contributed by atoms with Crippen LogP contribution in [0.5, 0.6) is 0 Å². The second kappa shape index (κ2) is 5.03. The highest BCUT2D eigenvalue weighted by molar-refractivity contribution is 7.09. The third kappa shape index (κ3) is 2.68. The quantitative estimate of drug-likeness (QED) is 0.809. The number of aliphatic carboxylic acids is 1. The van der Waals surface area contributed by atoms with E-state index in [0.29, 0.717) is 5.69 Å². The van der Waals surface area contributed by atoms with E-state index >= 15 is 0 Å². The van der Waals surface area contributed by atoms with E-state index in [1.165, 1.54) is 16.2 Å². The number of likely N-dealkylation sites (tertiary alicyclic amines) is 1. The summed E-state index contributed by atoms with van der Waals surface area (Å²) in [6, 6.07) is -0.924. The first-order chi connectivity index (χ1) is 8.47. The summed E-state index contributed by atoms with van der Waals surface area (Å²) in [5.74, 6) is -1.38. The van der Waals surface area contributed by atoms with Gasteiger partial charge < -0.3 is 15.1 Å². The Balaban J connectivity index is 2.06. The number of aliphatic hydroxyl groups is 1. The van der Waals surface area contributed by atoms with E-state index in [4.69, 9.17) is 5.11 Å². The van der Waals surface area contributed by atoms with Crippen molar-refractivity contribution in [3.8, 4) is 0 Å². The number of nitrogens with zero attached hydrogens (tertiary/aromatic N) is 2. The van der Waals surface area contributed by atoms with Gasteiger partial charge in [0.2, 0.25) is 5.91 Å². The lowest BCUT2D eigenvalue weighted by atomic mass is 10.2. The molecule has 7 heteroatoms. The van der Waals surface area contributed by atoms with Gasteiger partial charge in [0.15, 0.2) is 0 Å². The minimum atomic E-state index is -1.07. The summed E-state index contributed by atoms with van der Waals surface area (Å²) in [7, 11) is 0. The predicted molar refractivity (Wildman–Crippen MR) is 64.3 cm³/mol. The summed E-state index contributed by atoms with van der Waals surface area (Å²) in [5.41, 5.74) is 0.646. The van der Waals surface area contributed by atoms with Crippen molar-refractivity contribution in [3.05, 3.63) is 16.1 Å². The second-order valence-electron chi connectivity index (χ2n) is 4.32. The standard InChI is InChI=1S/C11H14N2O4S/c1-6-12-7(5-18-6)2-10(15)13-4-8(14)3-9(13)11(16)17/h5,8-9,14H,2-4H2,1H3,(H,16,17)/t8-,9-/m0/s1. The number of aromatic nitrogens is 1. The second-order valence-corrected chi connectivity index (χ2v) is 5.39. The number of carbonyl (C=O) groups excluding carboxylic acids is 1. The maximum absolute atomic E-state index is 12.0. The maximum atomic E-state index is 12.0. The number of rotatable bonds is 3. The van der Waals surface area contributed by atoms with Crippen molar-refractivity contribution in [2.75, 3.05) is 6.54 Å². The molecular weight excluding hydrogens is 256 g/mol. The molecule has 1 aromatic heterocycles. The lowest BCUT2D eigenvalue weighted by Crippen LogP contribution is -2.41. The zero-order valence-electron chi connectivity index (χ0n) is 9.87. The van der Waals surface area contributed by atoms with Gasteiger partial charge in [-0.1, -0.05) is 0 Å². The SMILES string of the molecule is Cc1nc(CC(=O)N2C[C@@H](O)C[C@H]2C(=O)O)cs1. The molecule has 2 rings (SSSR count). The molecule has 2 heterocycles. The van der Waals surface area contributed by atoms with Gasteiger partial charge in [-0.15, -0.1) is 11.3 Å². The van der Waals surface area contributed by atoms with Crippen LogP contribution in [-0.4, -0.2) is 50.7 Å². The highest BCUT2D eigenvalue weighted by Gasteiger charge is 2.38. The van der Waals surface area contributed by atoms with Crippen LogP contribution in [0, 0.1) is 6.92 Å². The lowest BCUT2D eigenvalue weighted by Gasteiger charge is -2.20. The fourth-order valence-electron chi connectivity index (χ4n) is 2.07. The molecule has 2 atom stereocenters. The lowest BCUT2D eigenvalue weighted by molar-refractivity contribution is -0.148. The van der Waals surface area contributed by atoms with Crippen LogP contribution >= 0.6 is 11.3 Å². The van der Waals surface area contributed by atoms with Crippen molar-refractivity contribution >= 4 is 23.2 Å². The summed E-state index contributed by atoms with van der Waals surface area (Å²) in [6.07, 6.45) is -0.579. The van der Waals surface area contributed by atoms with Gasteiger partial charge in [-0.05, 0) is 6.92 Å². The molecule has 0 bridgehead atoms. The number of β-amino-alcohol motifs (C(OH)–C–C–N with tert-alkyl or cyclic N) is 1. The topological polar surface area (TPSA) is 90.7 Å². The van der Waals surface area contributed by atoms with Gasteiger partial charge in [-0.3, -0.25) is 4.79 Å². The van der Waals surface area contributed by atoms with Crippen molar-refractivity contribution in [2.45, 2.75) is 31.9 Å². The van der Waals surface area contributed by atoms with E-state index < -0.39 is 18.1 Å². The zero-order chi connectivity index (χ0) is 13.3. The molecule has 1 aliphatic rings. The molecule has 0 spiro atoms. The highest BCUT2D eigenvalue weighted by Crippen LogP contribution is 2.20. The third-order valence-electron chi connectivity index (χ3n) is 2.88. The van der Waals surface area contributed by atoms with E-state index in [0.717, 1.165) is 5.01 Å². The molecule has 1 fully saturated rings. The first-order valence-electron chi connectivity index (χ1n) is 5.58. The van der Waals surface area contributed by atoms with Crippen LogP contribution < -0.4 is 0 Å². The van der Waals surface area contributed by atoms with Crippen LogP contribution in [0.4, 0.5) is 0 Å². The molecule has 98 valence electrons. The van der Waals surface area contributed by atoms with Gasteiger partial charge in [-0.2, -0.15) is 0 Å². The van der Waals surface area contributed by atoms with E-state index in [1.54, 1.807) is 5.38 Å². The average molecular weight is 270 g/mol. The molecule has 0 saturated carbocycles. The normalized spacial score (nSPS) is 23.3. The van der Waals surface area contributed by atoms with Gasteiger partial charge in [0, 0.05) is 18.3 Å². The number of thiazole rings is 1. The van der Waals surface area contributed by atoms with Crippen LogP contribution in [-0.2, 0) is 16.0 Å². The minimum absolute atomic E-state index is 0.0823. The number of hydrogen-bond acceptors (Lipinski definition) is 5. The number of amides is 1. The molecule has 0 radical (unpaired) electrons. The number of carbonyl (C=O) groups is 2. The number of aliphatic hydroxyl groups excluding tert-OH is 1. The van der Waals surface area contributed by atoms with Crippen molar-refractivity contribution in [1.82, 2.24) is 9.88 Å². The Morgan fingerprint density at radius 3 is 2.89 bits per heavy atom. The van der Waals surface area contributed by atoms with Crippen LogP contribution in [0.3, 0.4) is 0 Å². The third-order valence-corrected chi connectivity index (χ3v) is 3.71. The van der Waals surface area contributed by atoms with Gasteiger partial charge in [0.1, 0.15) is 6.04 Å². The molecule has 0 aromatic carbocycles. The molecule has 6 nitrogen and oxygen atoms in total. The van der Waals surface area contributed by atoms with Crippen LogP contribution in [0.15, 0.2) is 5.38 Å². The number of aryl methyl sites for hydroxylation is 1. The highest BCUT2D eigenvalue weighted by atomic mass is 32.1. The van der Waals surface area contributed by atoms with Crippen molar-refractivity contribution in [2.24, 2.45) is 0 Å². The summed E-state index contributed by atoms with van der Waals surface area (Å²) in [6.45, 7) is 1.93. The van der Waals surface area contributed by atoms with E-state index in [-0.39, 0.29) is 25.3 Å². The first-order valence-corrected chi connectivity index (χ1v) is 6.46. The molecular formula is C11H14N2O4S. The molecule has 0 unspecified atom stereocenters. The molecule has 2 N–H and O–H groups in total. The summed E-state index contributed by atoms with van der Waals surface area (Å²) < 4.78 is 0. The molecule has 1 amide bonds. The largest absolute Gasteiger partial charge is 0.480 e. The minimum Gasteiger partial charge on any atom is -0.480 e. The van der Waals surface area contributed by atoms with Crippen molar-refractivity contribution in [1.29, 1.82) is 0 Å². The van der Waals surface area contributed by atoms with Gasteiger partial charge >= 0.3 is 5.97 Å². The Morgan fingerprint density at radius 1 is 1.61 bits per heavy atom. The van der Waals surface area contributed by atoms with E-state index in [1.807, 2.05) is 6.92 Å². The Hall–Kier alpha value is -1.47. The van der Waals surface area contributed by atoms with Gasteiger partial charge in [0.25, 0.3) is 0 Å². The van der Waals surface area contributed by atoms with Crippen LogP contribution in [0.2, 0.25) is 0 Å². The Morgan fingerprint density at radius 2 is 2.33 bits per heavy atom. The van der Waals surface area contributed by atoms with Crippen molar-refractivity contribution in [3.63, 3.8) is 0 Å². The molecule has 1 saturated heterocycles. The monoisotopic (exact) mass is 270 g/mol. The average Bonchev–Trinajstić information content (AvgIpc) is 2.85. The van der Waals surface area contributed by atoms with Gasteiger partial charge in [-0.25, -0.2) is 9.78 Å². The first kappa shape index (κ1) is 13.0. The van der Waals surface area contributed by atoms with Crippen LogP contribution in [0.25, 0.3) is 0 Å². The molecule has 1 aliphatic heterocycles. The van der Waals surface area contributed by atoms with E-state index in [2.05, 4.69) is 4.98 Å². The van der Waals surface area contributed by atoms with Gasteiger partial charge in [0.05, 0.1) is 23.2 Å². The number of carboxylic acids is 1. The summed E-state index contributed by atoms with van der Waals surface area (Å²) in [5, 5.41) is 21.1. The predicted octanol–water partition coefficient (Wildman–Crippen LogP) is 0.0404. The number of hydrogen-bond donors (Lipinski definition) is 2. The molecule has 0 aliphatic carbocycles. The fraction of sp³-hybridized carbons (Fsp3) is 0.545. The zero-order valence-corrected chi connectivity index (χ0v) is 10.7. The van der Waals surface area contributed by atoms with E-state index in [9.17, 15) is 14.7 Å². The Kier molecular flexibility index (Phi) is 3.63. The summed E-state index contributed by atoms with van der Waals surface area (Å²) >= 11 is 1.45. The van der Waals surface area contributed by atoms with Crippen LogP contribution in [0.1, 0.15) is 17.1 Å².